The van der Waals surface area contributed by atoms with Crippen molar-refractivity contribution >= 4 is 16.7 Å². The first-order valence-corrected chi connectivity index (χ1v) is 5.94. The first-order chi connectivity index (χ1) is 9.74. The van der Waals surface area contributed by atoms with Gasteiger partial charge in [0.1, 0.15) is 11.3 Å². The Labute approximate surface area is 114 Å². The molecule has 0 unspecified atom stereocenters. The lowest BCUT2D eigenvalue weighted by Gasteiger charge is -2.09. The minimum atomic E-state index is -1.05. The van der Waals surface area contributed by atoms with Crippen molar-refractivity contribution in [3.63, 3.8) is 0 Å². The van der Waals surface area contributed by atoms with Crippen molar-refractivity contribution in [1.82, 2.24) is 9.97 Å². The van der Waals surface area contributed by atoms with Crippen LogP contribution in [-0.2, 0) is 0 Å². The average molecular weight is 266 g/mol. The van der Waals surface area contributed by atoms with Gasteiger partial charge >= 0.3 is 5.97 Å². The number of carbonyl (C=O) groups is 1. The molecule has 0 aliphatic heterocycles. The number of fused-ring (bicyclic) bond motifs is 1. The fourth-order valence-corrected chi connectivity index (χ4v) is 1.92. The fourth-order valence-electron chi connectivity index (χ4n) is 1.92. The van der Waals surface area contributed by atoms with Gasteiger partial charge in [-0.25, -0.2) is 9.78 Å². The van der Waals surface area contributed by atoms with E-state index in [1.807, 2.05) is 24.3 Å². The van der Waals surface area contributed by atoms with Gasteiger partial charge in [-0.1, -0.05) is 24.3 Å². The van der Waals surface area contributed by atoms with Gasteiger partial charge in [0.2, 0.25) is 5.88 Å². The van der Waals surface area contributed by atoms with Gasteiger partial charge in [-0.05, 0) is 22.9 Å². The summed E-state index contributed by atoms with van der Waals surface area (Å²) in [7, 11) is 0. The largest absolute Gasteiger partial charge is 0.478 e. The average Bonchev–Trinajstić information content (AvgIpc) is 2.47. The molecule has 20 heavy (non-hydrogen) atoms. The lowest BCUT2D eigenvalue weighted by atomic mass is 10.1. The summed E-state index contributed by atoms with van der Waals surface area (Å²) in [6.45, 7) is 0. The van der Waals surface area contributed by atoms with Crippen LogP contribution in [0.25, 0.3) is 10.8 Å². The molecule has 0 saturated carbocycles. The van der Waals surface area contributed by atoms with E-state index < -0.39 is 5.97 Å². The molecular formula is C15H10N2O3. The Morgan fingerprint density at radius 3 is 2.50 bits per heavy atom. The van der Waals surface area contributed by atoms with E-state index in [4.69, 9.17) is 4.74 Å². The number of aromatic carboxylic acids is 1. The maximum Gasteiger partial charge on any atom is 0.339 e. The highest BCUT2D eigenvalue weighted by Crippen LogP contribution is 2.29. The zero-order chi connectivity index (χ0) is 13.9. The van der Waals surface area contributed by atoms with Gasteiger partial charge in [0, 0.05) is 12.4 Å². The van der Waals surface area contributed by atoms with Crippen LogP contribution in [0.3, 0.4) is 0 Å². The van der Waals surface area contributed by atoms with Crippen LogP contribution in [0.1, 0.15) is 10.4 Å². The van der Waals surface area contributed by atoms with Crippen LogP contribution in [0, 0.1) is 0 Å². The number of aromatic nitrogens is 2. The Kier molecular flexibility index (Phi) is 3.01. The van der Waals surface area contributed by atoms with Gasteiger partial charge in [-0.3, -0.25) is 4.98 Å². The van der Waals surface area contributed by atoms with E-state index in [2.05, 4.69) is 9.97 Å². The number of benzene rings is 2. The summed E-state index contributed by atoms with van der Waals surface area (Å²) < 4.78 is 5.52. The zero-order valence-corrected chi connectivity index (χ0v) is 10.4. The molecule has 3 rings (SSSR count). The Hall–Kier alpha value is -2.95. The van der Waals surface area contributed by atoms with Crippen LogP contribution < -0.4 is 4.74 Å². The van der Waals surface area contributed by atoms with E-state index in [0.29, 0.717) is 0 Å². The van der Waals surface area contributed by atoms with Crippen molar-refractivity contribution in [3.05, 3.63) is 60.6 Å². The molecule has 0 radical (unpaired) electrons. The number of carboxylic acid groups (broad SMARTS) is 1. The maximum absolute atomic E-state index is 11.3. The minimum absolute atomic E-state index is 0.0920. The van der Waals surface area contributed by atoms with Crippen LogP contribution in [0.5, 0.6) is 11.6 Å². The molecule has 0 aliphatic carbocycles. The van der Waals surface area contributed by atoms with Gasteiger partial charge in [-0.2, -0.15) is 0 Å². The molecule has 0 amide bonds. The molecule has 0 saturated heterocycles. The quantitative estimate of drug-likeness (QED) is 0.788. The van der Waals surface area contributed by atoms with Gasteiger partial charge in [0.05, 0.1) is 6.20 Å². The molecule has 0 fully saturated rings. The highest BCUT2D eigenvalue weighted by molar-refractivity contribution is 5.97. The van der Waals surface area contributed by atoms with Gasteiger partial charge in [0.25, 0.3) is 0 Å². The van der Waals surface area contributed by atoms with Crippen molar-refractivity contribution in [2.45, 2.75) is 0 Å². The third kappa shape index (κ3) is 2.29. The first-order valence-electron chi connectivity index (χ1n) is 5.94. The molecule has 0 atom stereocenters. The monoisotopic (exact) mass is 266 g/mol. The Morgan fingerprint density at radius 2 is 1.85 bits per heavy atom. The molecule has 1 heterocycles. The second-order valence-corrected chi connectivity index (χ2v) is 4.15. The second kappa shape index (κ2) is 4.97. The van der Waals surface area contributed by atoms with Gasteiger partial charge in [-0.15, -0.1) is 0 Å². The zero-order valence-electron chi connectivity index (χ0n) is 10.4. The normalized spacial score (nSPS) is 10.4. The molecule has 1 N–H and O–H groups in total. The highest BCUT2D eigenvalue weighted by atomic mass is 16.5. The number of carboxylic acids is 1. The lowest BCUT2D eigenvalue weighted by molar-refractivity contribution is 0.0694. The number of hydrogen-bond acceptors (Lipinski definition) is 4. The molecule has 3 aromatic rings. The molecule has 98 valence electrons. The predicted octanol–water partition coefficient (Wildman–Crippen LogP) is 3.12. The van der Waals surface area contributed by atoms with Crippen LogP contribution in [0.15, 0.2) is 55.0 Å². The minimum Gasteiger partial charge on any atom is -0.478 e. The molecule has 5 heteroatoms. The summed E-state index contributed by atoms with van der Waals surface area (Å²) in [5, 5.41) is 11.0. The summed E-state index contributed by atoms with van der Waals surface area (Å²) in [6, 6.07) is 10.8. The molecule has 0 aliphatic rings. The van der Waals surface area contributed by atoms with E-state index in [9.17, 15) is 9.90 Å². The summed E-state index contributed by atoms with van der Waals surface area (Å²) in [5.74, 6) is -0.545. The van der Waals surface area contributed by atoms with E-state index >= 15 is 0 Å². The summed E-state index contributed by atoms with van der Waals surface area (Å²) in [6.07, 6.45) is 4.43. The lowest BCUT2D eigenvalue weighted by Crippen LogP contribution is -2.01. The third-order valence-electron chi connectivity index (χ3n) is 2.83. The van der Waals surface area contributed by atoms with Crippen LogP contribution in [0.2, 0.25) is 0 Å². The topological polar surface area (TPSA) is 72.3 Å². The number of ether oxygens (including phenoxy) is 1. The molecule has 1 aromatic heterocycles. The van der Waals surface area contributed by atoms with E-state index in [1.165, 1.54) is 18.6 Å². The number of hydrogen-bond donors (Lipinski definition) is 1. The SMILES string of the molecule is O=C(O)c1cc2ccccc2cc1Oc1cnccn1. The van der Waals surface area contributed by atoms with Crippen LogP contribution in [-0.4, -0.2) is 21.0 Å². The van der Waals surface area contributed by atoms with Crippen molar-refractivity contribution in [1.29, 1.82) is 0 Å². The van der Waals surface area contributed by atoms with E-state index in [-0.39, 0.29) is 17.2 Å². The summed E-state index contributed by atoms with van der Waals surface area (Å²) >= 11 is 0. The van der Waals surface area contributed by atoms with Gasteiger partial charge < -0.3 is 9.84 Å². The van der Waals surface area contributed by atoms with E-state index in [0.717, 1.165) is 10.8 Å². The van der Waals surface area contributed by atoms with Crippen molar-refractivity contribution in [3.8, 4) is 11.6 Å². The first kappa shape index (κ1) is 12.1. The number of nitrogens with zero attached hydrogens (tertiary/aromatic N) is 2. The van der Waals surface area contributed by atoms with Crippen molar-refractivity contribution in [2.24, 2.45) is 0 Å². The van der Waals surface area contributed by atoms with Crippen LogP contribution in [0.4, 0.5) is 0 Å². The Bertz CT molecular complexity index is 772. The fraction of sp³-hybridized carbons (Fsp3) is 0. The summed E-state index contributed by atoms with van der Waals surface area (Å²) in [4.78, 5) is 19.2. The Morgan fingerprint density at radius 1 is 1.10 bits per heavy atom. The summed E-state index contributed by atoms with van der Waals surface area (Å²) in [5.41, 5.74) is 0.0920. The predicted molar refractivity (Wildman–Crippen MR) is 73.0 cm³/mol. The van der Waals surface area contributed by atoms with Gasteiger partial charge in [0.15, 0.2) is 0 Å². The van der Waals surface area contributed by atoms with Crippen LogP contribution >= 0.6 is 0 Å². The molecule has 5 nitrogen and oxygen atoms in total. The Balaban J connectivity index is 2.12. The maximum atomic E-state index is 11.3. The molecule has 2 aromatic carbocycles. The molecule has 0 bridgehead atoms. The second-order valence-electron chi connectivity index (χ2n) is 4.15. The molecular weight excluding hydrogens is 256 g/mol. The number of rotatable bonds is 3. The smallest absolute Gasteiger partial charge is 0.339 e. The highest BCUT2D eigenvalue weighted by Gasteiger charge is 2.14. The van der Waals surface area contributed by atoms with Crippen molar-refractivity contribution < 1.29 is 14.6 Å². The third-order valence-corrected chi connectivity index (χ3v) is 2.83. The molecule has 0 spiro atoms. The standard InChI is InChI=1S/C15H10N2O3/c18-15(19)12-7-10-3-1-2-4-11(10)8-13(12)20-14-9-16-5-6-17-14/h1-9H,(H,18,19). The van der Waals surface area contributed by atoms with E-state index in [1.54, 1.807) is 12.1 Å². The van der Waals surface area contributed by atoms with Crippen molar-refractivity contribution in [2.75, 3.05) is 0 Å².